The Kier molecular flexibility index (Phi) is 8.67. The maximum absolute atomic E-state index is 5.56. The third-order valence-corrected chi connectivity index (χ3v) is 4.10. The van der Waals surface area contributed by atoms with E-state index in [1.165, 1.54) is 25.7 Å². The maximum atomic E-state index is 5.56. The summed E-state index contributed by atoms with van der Waals surface area (Å²) in [5, 5.41) is 6.72. The first-order valence-electron chi connectivity index (χ1n) is 8.36. The lowest BCUT2D eigenvalue weighted by Crippen LogP contribution is -2.38. The molecule has 0 aliphatic heterocycles. The average Bonchev–Trinajstić information content (AvgIpc) is 2.91. The number of hydrogen-bond donors (Lipinski definition) is 2. The van der Waals surface area contributed by atoms with Crippen molar-refractivity contribution < 1.29 is 4.74 Å². The van der Waals surface area contributed by atoms with Gasteiger partial charge < -0.3 is 15.4 Å². The molecule has 0 spiro atoms. The van der Waals surface area contributed by atoms with Gasteiger partial charge in [-0.15, -0.1) is 0 Å². The number of hydrogen-bond acceptors (Lipinski definition) is 2. The van der Waals surface area contributed by atoms with E-state index in [4.69, 9.17) is 9.73 Å². The predicted octanol–water partition coefficient (Wildman–Crippen LogP) is 2.94. The standard InChI is InChI=1S/C16H33N3O/c1-4-12-18-15(17-5-2)19-14-16(9-7-8-10-16)11-13-20-6-3/h4-14H2,1-3H3,(H2,17,18,19). The summed E-state index contributed by atoms with van der Waals surface area (Å²) >= 11 is 0. The normalized spacial score (nSPS) is 18.2. The van der Waals surface area contributed by atoms with Gasteiger partial charge in [-0.3, -0.25) is 4.99 Å². The van der Waals surface area contributed by atoms with Crippen LogP contribution in [0.3, 0.4) is 0 Å². The molecule has 0 saturated heterocycles. The quantitative estimate of drug-likeness (QED) is 0.388. The van der Waals surface area contributed by atoms with Gasteiger partial charge in [0.1, 0.15) is 0 Å². The summed E-state index contributed by atoms with van der Waals surface area (Å²) in [5.74, 6) is 0.969. The third-order valence-electron chi connectivity index (χ3n) is 4.10. The average molecular weight is 283 g/mol. The number of nitrogens with zero attached hydrogens (tertiary/aromatic N) is 1. The molecule has 1 saturated carbocycles. The van der Waals surface area contributed by atoms with Crippen molar-refractivity contribution in [2.24, 2.45) is 10.4 Å². The minimum Gasteiger partial charge on any atom is -0.382 e. The van der Waals surface area contributed by atoms with Crippen LogP contribution in [0.15, 0.2) is 4.99 Å². The molecule has 0 aromatic heterocycles. The van der Waals surface area contributed by atoms with Crippen LogP contribution in [0, 0.1) is 5.41 Å². The highest BCUT2D eigenvalue weighted by atomic mass is 16.5. The zero-order valence-electron chi connectivity index (χ0n) is 13.6. The van der Waals surface area contributed by atoms with E-state index >= 15 is 0 Å². The predicted molar refractivity (Wildman–Crippen MR) is 86.3 cm³/mol. The van der Waals surface area contributed by atoms with Gasteiger partial charge in [0, 0.05) is 32.8 Å². The molecule has 0 radical (unpaired) electrons. The molecule has 1 aliphatic carbocycles. The van der Waals surface area contributed by atoms with Gasteiger partial charge in [0.25, 0.3) is 0 Å². The highest BCUT2D eigenvalue weighted by molar-refractivity contribution is 5.79. The number of rotatable bonds is 9. The zero-order valence-corrected chi connectivity index (χ0v) is 13.6. The zero-order chi connectivity index (χ0) is 14.7. The fourth-order valence-corrected chi connectivity index (χ4v) is 2.88. The molecule has 1 rings (SSSR count). The van der Waals surface area contributed by atoms with E-state index < -0.39 is 0 Å². The Morgan fingerprint density at radius 3 is 2.50 bits per heavy atom. The molecule has 118 valence electrons. The fraction of sp³-hybridized carbons (Fsp3) is 0.938. The number of ether oxygens (including phenoxy) is 1. The molecule has 1 fully saturated rings. The van der Waals surface area contributed by atoms with E-state index in [1.807, 2.05) is 0 Å². The molecule has 20 heavy (non-hydrogen) atoms. The monoisotopic (exact) mass is 283 g/mol. The largest absolute Gasteiger partial charge is 0.382 e. The van der Waals surface area contributed by atoms with Gasteiger partial charge >= 0.3 is 0 Å². The summed E-state index contributed by atoms with van der Waals surface area (Å²) in [7, 11) is 0. The van der Waals surface area contributed by atoms with Crippen LogP contribution in [0.2, 0.25) is 0 Å². The molecule has 4 heteroatoms. The molecule has 0 heterocycles. The van der Waals surface area contributed by atoms with Crippen LogP contribution in [0.5, 0.6) is 0 Å². The van der Waals surface area contributed by atoms with Crippen LogP contribution >= 0.6 is 0 Å². The molecule has 0 atom stereocenters. The fourth-order valence-electron chi connectivity index (χ4n) is 2.88. The highest BCUT2D eigenvalue weighted by Crippen LogP contribution is 2.41. The summed E-state index contributed by atoms with van der Waals surface area (Å²) in [6.45, 7) is 10.9. The van der Waals surface area contributed by atoms with Gasteiger partial charge in [-0.05, 0) is 44.9 Å². The van der Waals surface area contributed by atoms with Crippen molar-refractivity contribution in [3.8, 4) is 0 Å². The molecule has 4 nitrogen and oxygen atoms in total. The Morgan fingerprint density at radius 1 is 1.15 bits per heavy atom. The van der Waals surface area contributed by atoms with E-state index in [9.17, 15) is 0 Å². The van der Waals surface area contributed by atoms with Crippen LogP contribution in [-0.4, -0.2) is 38.8 Å². The first kappa shape index (κ1) is 17.3. The second-order valence-electron chi connectivity index (χ2n) is 5.78. The van der Waals surface area contributed by atoms with Crippen LogP contribution in [0.1, 0.15) is 59.3 Å². The van der Waals surface area contributed by atoms with Crippen LogP contribution in [0.4, 0.5) is 0 Å². The van der Waals surface area contributed by atoms with Crippen molar-refractivity contribution in [3.63, 3.8) is 0 Å². The lowest BCUT2D eigenvalue weighted by molar-refractivity contribution is 0.107. The third kappa shape index (κ3) is 6.12. The van der Waals surface area contributed by atoms with Crippen LogP contribution in [-0.2, 0) is 4.74 Å². The van der Waals surface area contributed by atoms with Crippen molar-refractivity contribution in [3.05, 3.63) is 0 Å². The molecule has 0 bridgehead atoms. The van der Waals surface area contributed by atoms with Crippen molar-refractivity contribution >= 4 is 5.96 Å². The Hall–Kier alpha value is -0.770. The number of guanidine groups is 1. The number of aliphatic imine (C=N–C) groups is 1. The van der Waals surface area contributed by atoms with Gasteiger partial charge in [-0.25, -0.2) is 0 Å². The van der Waals surface area contributed by atoms with Crippen molar-refractivity contribution in [1.82, 2.24) is 10.6 Å². The van der Waals surface area contributed by atoms with E-state index in [2.05, 4.69) is 31.4 Å². The Labute approximate surface area is 124 Å². The molecule has 1 aliphatic rings. The van der Waals surface area contributed by atoms with Crippen LogP contribution in [0.25, 0.3) is 0 Å². The summed E-state index contributed by atoms with van der Waals surface area (Å²) in [4.78, 5) is 4.82. The van der Waals surface area contributed by atoms with Gasteiger partial charge in [0.15, 0.2) is 5.96 Å². The topological polar surface area (TPSA) is 45.7 Å². The molecular weight excluding hydrogens is 250 g/mol. The van der Waals surface area contributed by atoms with E-state index in [0.717, 1.165) is 51.6 Å². The molecular formula is C16H33N3O. The molecule has 0 amide bonds. The summed E-state index contributed by atoms with van der Waals surface area (Å²) < 4.78 is 5.56. The Bertz CT molecular complexity index is 273. The highest BCUT2D eigenvalue weighted by Gasteiger charge is 2.33. The molecule has 0 aromatic rings. The van der Waals surface area contributed by atoms with Gasteiger partial charge in [0.05, 0.1) is 0 Å². The van der Waals surface area contributed by atoms with E-state index in [1.54, 1.807) is 0 Å². The SMILES string of the molecule is CCCNC(=NCC1(CCOCC)CCCC1)NCC. The lowest BCUT2D eigenvalue weighted by atomic mass is 9.83. The minimum absolute atomic E-state index is 0.379. The first-order chi connectivity index (χ1) is 9.76. The summed E-state index contributed by atoms with van der Waals surface area (Å²) in [5.41, 5.74) is 0.379. The van der Waals surface area contributed by atoms with Gasteiger partial charge in [-0.2, -0.15) is 0 Å². The first-order valence-corrected chi connectivity index (χ1v) is 8.36. The lowest BCUT2D eigenvalue weighted by Gasteiger charge is -2.27. The van der Waals surface area contributed by atoms with E-state index in [-0.39, 0.29) is 0 Å². The maximum Gasteiger partial charge on any atom is 0.191 e. The van der Waals surface area contributed by atoms with Gasteiger partial charge in [-0.1, -0.05) is 19.8 Å². The Balaban J connectivity index is 2.53. The van der Waals surface area contributed by atoms with Crippen LogP contribution < -0.4 is 10.6 Å². The summed E-state index contributed by atoms with van der Waals surface area (Å²) in [6, 6.07) is 0. The van der Waals surface area contributed by atoms with Crippen molar-refractivity contribution in [2.45, 2.75) is 59.3 Å². The molecule has 0 aromatic carbocycles. The number of nitrogens with one attached hydrogen (secondary N) is 2. The second-order valence-corrected chi connectivity index (χ2v) is 5.78. The van der Waals surface area contributed by atoms with Crippen molar-refractivity contribution in [2.75, 3.05) is 32.8 Å². The molecule has 2 N–H and O–H groups in total. The summed E-state index contributed by atoms with van der Waals surface area (Å²) in [6.07, 6.45) is 7.58. The second kappa shape index (κ2) is 10.0. The smallest absolute Gasteiger partial charge is 0.191 e. The van der Waals surface area contributed by atoms with Gasteiger partial charge in [0.2, 0.25) is 0 Å². The Morgan fingerprint density at radius 2 is 1.90 bits per heavy atom. The minimum atomic E-state index is 0.379. The van der Waals surface area contributed by atoms with Crippen molar-refractivity contribution in [1.29, 1.82) is 0 Å². The molecule has 0 unspecified atom stereocenters. The van der Waals surface area contributed by atoms with E-state index in [0.29, 0.717) is 5.41 Å².